The van der Waals surface area contributed by atoms with Gasteiger partial charge in [-0.3, -0.25) is 0 Å². The lowest BCUT2D eigenvalue weighted by Crippen LogP contribution is -2.69. The minimum absolute atomic E-state index is 0.0997. The normalized spacial score (nSPS) is 12.6. The summed E-state index contributed by atoms with van der Waals surface area (Å²) in [5, 5.41) is 4.98. The van der Waals surface area contributed by atoms with Crippen LogP contribution in [0, 0.1) is 0 Å². The molecule has 1 atom stereocenters. The standard InChI is InChI=1S/C22H21ClSi/c1-18(23)19(2)24(20-12-6-3-7-13-20,21-14-8-4-9-15-21)22-16-10-5-11-17-22/h3-18H,2H2,1H3. The van der Waals surface area contributed by atoms with Crippen LogP contribution in [0.1, 0.15) is 6.92 Å². The molecule has 24 heavy (non-hydrogen) atoms. The van der Waals surface area contributed by atoms with Gasteiger partial charge in [0, 0.05) is 5.38 Å². The van der Waals surface area contributed by atoms with Gasteiger partial charge in [-0.25, -0.2) is 0 Å². The average molecular weight is 349 g/mol. The molecular formula is C22H21ClSi. The van der Waals surface area contributed by atoms with Crippen molar-refractivity contribution in [2.24, 2.45) is 0 Å². The average Bonchev–Trinajstić information content (AvgIpc) is 2.65. The summed E-state index contributed by atoms with van der Waals surface area (Å²) in [7, 11) is -2.42. The van der Waals surface area contributed by atoms with Gasteiger partial charge in [-0.05, 0) is 22.5 Å². The van der Waals surface area contributed by atoms with E-state index in [0.29, 0.717) is 0 Å². The van der Waals surface area contributed by atoms with E-state index in [0.717, 1.165) is 5.20 Å². The van der Waals surface area contributed by atoms with E-state index in [2.05, 4.69) is 97.6 Å². The van der Waals surface area contributed by atoms with Crippen molar-refractivity contribution in [3.8, 4) is 0 Å². The Morgan fingerprint density at radius 2 is 1.00 bits per heavy atom. The van der Waals surface area contributed by atoms with Gasteiger partial charge in [-0.2, -0.15) is 0 Å². The molecule has 0 nitrogen and oxygen atoms in total. The van der Waals surface area contributed by atoms with Crippen LogP contribution in [0.15, 0.2) is 103 Å². The Labute approximate surface area is 150 Å². The van der Waals surface area contributed by atoms with Crippen molar-refractivity contribution in [1.82, 2.24) is 0 Å². The maximum atomic E-state index is 6.60. The zero-order valence-electron chi connectivity index (χ0n) is 13.8. The first-order valence-corrected chi connectivity index (χ1v) is 10.6. The van der Waals surface area contributed by atoms with Gasteiger partial charge in [0.1, 0.15) is 0 Å². The highest BCUT2D eigenvalue weighted by Crippen LogP contribution is 2.21. The van der Waals surface area contributed by atoms with E-state index in [-0.39, 0.29) is 5.38 Å². The fourth-order valence-electron chi connectivity index (χ4n) is 3.42. The monoisotopic (exact) mass is 348 g/mol. The lowest BCUT2D eigenvalue weighted by Gasteiger charge is -2.36. The topological polar surface area (TPSA) is 0 Å². The number of hydrogen-bond donors (Lipinski definition) is 0. The van der Waals surface area contributed by atoms with Crippen LogP contribution in [-0.2, 0) is 0 Å². The minimum Gasteiger partial charge on any atom is -0.119 e. The molecule has 3 aromatic carbocycles. The first kappa shape index (κ1) is 16.8. The first-order valence-electron chi connectivity index (χ1n) is 8.17. The Kier molecular flexibility index (Phi) is 5.03. The van der Waals surface area contributed by atoms with Crippen molar-refractivity contribution >= 4 is 35.2 Å². The summed E-state index contributed by atoms with van der Waals surface area (Å²) >= 11 is 6.60. The Balaban J connectivity index is 2.40. The molecule has 3 aromatic rings. The number of benzene rings is 3. The molecule has 0 amide bonds. The SMILES string of the molecule is C=C(C(C)Cl)[Si](c1ccccc1)(c1ccccc1)c1ccccc1. The molecule has 0 aliphatic carbocycles. The third-order valence-corrected chi connectivity index (χ3v) is 10.0. The van der Waals surface area contributed by atoms with Gasteiger partial charge < -0.3 is 0 Å². The molecule has 0 fully saturated rings. The molecule has 0 heterocycles. The summed E-state index contributed by atoms with van der Waals surface area (Å²) in [6.45, 7) is 6.51. The Morgan fingerprint density at radius 3 is 1.25 bits per heavy atom. The van der Waals surface area contributed by atoms with E-state index in [1.807, 2.05) is 6.92 Å². The molecule has 0 N–H and O–H groups in total. The fraction of sp³-hybridized carbons (Fsp3) is 0.0909. The van der Waals surface area contributed by atoms with E-state index in [1.54, 1.807) is 0 Å². The highest BCUT2D eigenvalue weighted by molar-refractivity contribution is 7.16. The summed E-state index contributed by atoms with van der Waals surface area (Å²) in [4.78, 5) is 0. The van der Waals surface area contributed by atoms with Crippen LogP contribution < -0.4 is 15.6 Å². The van der Waals surface area contributed by atoms with E-state index >= 15 is 0 Å². The smallest absolute Gasteiger partial charge is 0.119 e. The van der Waals surface area contributed by atoms with Crippen molar-refractivity contribution in [1.29, 1.82) is 0 Å². The maximum absolute atomic E-state index is 6.60. The van der Waals surface area contributed by atoms with Gasteiger partial charge in [-0.1, -0.05) is 96.2 Å². The van der Waals surface area contributed by atoms with Gasteiger partial charge >= 0.3 is 0 Å². The molecular weight excluding hydrogens is 328 g/mol. The number of rotatable bonds is 5. The Bertz CT molecular complexity index is 698. The number of alkyl halides is 1. The maximum Gasteiger partial charge on any atom is 0.176 e. The molecule has 0 saturated carbocycles. The summed E-state index contributed by atoms with van der Waals surface area (Å²) in [5.41, 5.74) is 0. The quantitative estimate of drug-likeness (QED) is 0.373. The Hall–Kier alpha value is -2.09. The van der Waals surface area contributed by atoms with E-state index in [4.69, 9.17) is 11.6 Å². The van der Waals surface area contributed by atoms with Crippen LogP contribution in [0.2, 0.25) is 0 Å². The van der Waals surface area contributed by atoms with Crippen molar-refractivity contribution in [3.05, 3.63) is 103 Å². The first-order chi connectivity index (χ1) is 11.7. The minimum atomic E-state index is -2.42. The van der Waals surface area contributed by atoms with Crippen molar-refractivity contribution in [2.75, 3.05) is 0 Å². The zero-order chi connectivity index (χ0) is 17.0. The molecule has 120 valence electrons. The molecule has 1 unspecified atom stereocenters. The summed E-state index contributed by atoms with van der Waals surface area (Å²) in [5.74, 6) is 0. The third kappa shape index (κ3) is 2.86. The van der Waals surface area contributed by atoms with Crippen LogP contribution >= 0.6 is 11.6 Å². The van der Waals surface area contributed by atoms with Gasteiger partial charge in [0.2, 0.25) is 0 Å². The summed E-state index contributed by atoms with van der Waals surface area (Å²) < 4.78 is 0. The molecule has 0 radical (unpaired) electrons. The number of hydrogen-bond acceptors (Lipinski definition) is 0. The van der Waals surface area contributed by atoms with Gasteiger partial charge in [0.25, 0.3) is 0 Å². The van der Waals surface area contributed by atoms with Crippen molar-refractivity contribution in [3.63, 3.8) is 0 Å². The zero-order valence-corrected chi connectivity index (χ0v) is 15.6. The molecule has 0 bridgehead atoms. The third-order valence-electron chi connectivity index (χ3n) is 4.58. The molecule has 0 saturated heterocycles. The highest BCUT2D eigenvalue weighted by atomic mass is 35.5. The lowest BCUT2D eigenvalue weighted by atomic mass is 10.3. The molecule has 0 spiro atoms. The van der Waals surface area contributed by atoms with Crippen LogP contribution in [0.5, 0.6) is 0 Å². The molecule has 2 heteroatoms. The summed E-state index contributed by atoms with van der Waals surface area (Å²) in [6, 6.07) is 32.1. The molecule has 0 aromatic heterocycles. The second-order valence-corrected chi connectivity index (χ2v) is 10.5. The van der Waals surface area contributed by atoms with Crippen LogP contribution in [0.25, 0.3) is 0 Å². The predicted molar refractivity (Wildman–Crippen MR) is 108 cm³/mol. The van der Waals surface area contributed by atoms with Crippen molar-refractivity contribution < 1.29 is 0 Å². The van der Waals surface area contributed by atoms with E-state index < -0.39 is 8.07 Å². The molecule has 0 aliphatic heterocycles. The summed E-state index contributed by atoms with van der Waals surface area (Å²) in [6.07, 6.45) is 0. The fourth-order valence-corrected chi connectivity index (χ4v) is 8.70. The van der Waals surface area contributed by atoms with Gasteiger partial charge in [0.15, 0.2) is 8.07 Å². The Morgan fingerprint density at radius 1 is 0.708 bits per heavy atom. The van der Waals surface area contributed by atoms with E-state index in [9.17, 15) is 0 Å². The van der Waals surface area contributed by atoms with Gasteiger partial charge in [0.05, 0.1) is 0 Å². The van der Waals surface area contributed by atoms with Crippen LogP contribution in [0.3, 0.4) is 0 Å². The second kappa shape index (κ2) is 7.21. The van der Waals surface area contributed by atoms with Gasteiger partial charge in [-0.15, -0.1) is 18.2 Å². The second-order valence-electron chi connectivity index (χ2n) is 5.99. The highest BCUT2D eigenvalue weighted by Gasteiger charge is 2.43. The van der Waals surface area contributed by atoms with E-state index in [1.165, 1.54) is 15.6 Å². The van der Waals surface area contributed by atoms with Crippen LogP contribution in [0.4, 0.5) is 0 Å². The predicted octanol–water partition coefficient (Wildman–Crippen LogP) is 3.88. The van der Waals surface area contributed by atoms with Crippen LogP contribution in [-0.4, -0.2) is 13.5 Å². The molecule has 3 rings (SSSR count). The molecule has 0 aliphatic rings. The van der Waals surface area contributed by atoms with Crippen molar-refractivity contribution in [2.45, 2.75) is 12.3 Å². The largest absolute Gasteiger partial charge is 0.176 e. The number of halogens is 1. The number of allylic oxidation sites excluding steroid dienone is 1. The lowest BCUT2D eigenvalue weighted by molar-refractivity contribution is 1.19.